The number of hydrogen-bond acceptors (Lipinski definition) is 6. The summed E-state index contributed by atoms with van der Waals surface area (Å²) < 4.78 is 25.5. The molecule has 1 aromatic heterocycles. The molecule has 1 fully saturated rings. The zero-order valence-electron chi connectivity index (χ0n) is 17.0. The standard InChI is InChI=1S/C19H27N7O2S/c1-20-18(25-11-13-26(14-12-25)19-21-9-4-10-22-19)23-15-16-5-7-17(8-6-16)29(27,28)24(2)3/h4-10H,11-15H2,1-3H3,(H,20,23). The van der Waals surface area contributed by atoms with Crippen LogP contribution in [0.4, 0.5) is 5.95 Å². The average Bonchev–Trinajstić information content (AvgIpc) is 2.75. The Bertz CT molecular complexity index is 923. The molecule has 1 aliphatic rings. The van der Waals surface area contributed by atoms with Gasteiger partial charge in [-0.15, -0.1) is 0 Å². The lowest BCUT2D eigenvalue weighted by Gasteiger charge is -2.36. The summed E-state index contributed by atoms with van der Waals surface area (Å²) in [6, 6.07) is 8.72. The third-order valence-electron chi connectivity index (χ3n) is 4.78. The van der Waals surface area contributed by atoms with Gasteiger partial charge in [0, 0.05) is 66.3 Å². The van der Waals surface area contributed by atoms with Crippen molar-refractivity contribution >= 4 is 21.9 Å². The number of rotatable bonds is 5. The molecule has 0 aliphatic carbocycles. The molecule has 2 aromatic rings. The number of hydrogen-bond donors (Lipinski definition) is 1. The first kappa shape index (κ1) is 21.0. The van der Waals surface area contributed by atoms with E-state index in [4.69, 9.17) is 0 Å². The van der Waals surface area contributed by atoms with Gasteiger partial charge in [-0.25, -0.2) is 22.7 Å². The topological polar surface area (TPSA) is 94.0 Å². The summed E-state index contributed by atoms with van der Waals surface area (Å²) in [5.41, 5.74) is 0.986. The van der Waals surface area contributed by atoms with Crippen molar-refractivity contribution in [3.8, 4) is 0 Å². The molecule has 1 aromatic carbocycles. The number of anilines is 1. The van der Waals surface area contributed by atoms with Gasteiger partial charge in [0.25, 0.3) is 0 Å². The number of aromatic nitrogens is 2. The summed E-state index contributed by atoms with van der Waals surface area (Å²) in [5.74, 6) is 1.58. The molecule has 1 aliphatic heterocycles. The molecule has 29 heavy (non-hydrogen) atoms. The molecular weight excluding hydrogens is 390 g/mol. The van der Waals surface area contributed by atoms with Gasteiger partial charge >= 0.3 is 0 Å². The van der Waals surface area contributed by atoms with Gasteiger partial charge in [-0.2, -0.15) is 0 Å². The molecule has 156 valence electrons. The van der Waals surface area contributed by atoms with E-state index in [-0.39, 0.29) is 4.90 Å². The number of benzene rings is 1. The second kappa shape index (κ2) is 9.19. The van der Waals surface area contributed by atoms with E-state index < -0.39 is 10.0 Å². The first-order valence-electron chi connectivity index (χ1n) is 9.41. The van der Waals surface area contributed by atoms with Crippen molar-refractivity contribution in [2.24, 2.45) is 4.99 Å². The van der Waals surface area contributed by atoms with Crippen molar-refractivity contribution < 1.29 is 8.42 Å². The van der Waals surface area contributed by atoms with Gasteiger partial charge in [0.1, 0.15) is 0 Å². The molecule has 10 heteroatoms. The van der Waals surface area contributed by atoms with E-state index in [9.17, 15) is 8.42 Å². The van der Waals surface area contributed by atoms with Crippen LogP contribution in [0.25, 0.3) is 0 Å². The Balaban J connectivity index is 1.55. The maximum Gasteiger partial charge on any atom is 0.242 e. The zero-order valence-corrected chi connectivity index (χ0v) is 17.8. The van der Waals surface area contributed by atoms with Gasteiger partial charge in [0.2, 0.25) is 16.0 Å². The summed E-state index contributed by atoms with van der Waals surface area (Å²) in [4.78, 5) is 17.6. The van der Waals surface area contributed by atoms with E-state index in [0.29, 0.717) is 6.54 Å². The van der Waals surface area contributed by atoms with Crippen LogP contribution in [-0.4, -0.2) is 80.9 Å². The van der Waals surface area contributed by atoms with Crippen LogP contribution in [0.15, 0.2) is 52.6 Å². The van der Waals surface area contributed by atoms with Crippen molar-refractivity contribution in [2.45, 2.75) is 11.4 Å². The highest BCUT2D eigenvalue weighted by Crippen LogP contribution is 2.14. The predicted octanol–water partition coefficient (Wildman–Crippen LogP) is 0.625. The normalized spacial score (nSPS) is 15.7. The fourth-order valence-electron chi connectivity index (χ4n) is 3.08. The molecule has 0 atom stereocenters. The first-order valence-corrected chi connectivity index (χ1v) is 10.8. The lowest BCUT2D eigenvalue weighted by Crippen LogP contribution is -2.52. The fraction of sp³-hybridized carbons (Fsp3) is 0.421. The Labute approximate surface area is 172 Å². The van der Waals surface area contributed by atoms with Crippen molar-refractivity contribution in [1.82, 2.24) is 24.5 Å². The van der Waals surface area contributed by atoms with Crippen LogP contribution in [-0.2, 0) is 16.6 Å². The van der Waals surface area contributed by atoms with E-state index in [0.717, 1.165) is 43.7 Å². The van der Waals surface area contributed by atoms with Crippen LogP contribution in [0, 0.1) is 0 Å². The van der Waals surface area contributed by atoms with Gasteiger partial charge in [-0.1, -0.05) is 12.1 Å². The molecule has 0 saturated carbocycles. The minimum absolute atomic E-state index is 0.287. The van der Waals surface area contributed by atoms with Gasteiger partial charge in [0.05, 0.1) is 4.90 Å². The minimum atomic E-state index is -3.41. The van der Waals surface area contributed by atoms with Crippen molar-refractivity contribution in [1.29, 1.82) is 0 Å². The second-order valence-corrected chi connectivity index (χ2v) is 9.01. The number of nitrogens with zero attached hydrogens (tertiary/aromatic N) is 6. The Morgan fingerprint density at radius 2 is 1.72 bits per heavy atom. The molecule has 0 bridgehead atoms. The highest BCUT2D eigenvalue weighted by molar-refractivity contribution is 7.89. The molecule has 1 saturated heterocycles. The number of nitrogens with one attached hydrogen (secondary N) is 1. The van der Waals surface area contributed by atoms with Gasteiger partial charge in [-0.3, -0.25) is 4.99 Å². The Morgan fingerprint density at radius 3 is 2.28 bits per heavy atom. The molecule has 0 amide bonds. The highest BCUT2D eigenvalue weighted by Gasteiger charge is 2.21. The molecule has 0 spiro atoms. The average molecular weight is 418 g/mol. The maximum atomic E-state index is 12.2. The summed E-state index contributed by atoms with van der Waals surface area (Å²) >= 11 is 0. The Hall–Kier alpha value is -2.72. The SMILES string of the molecule is CN=C(NCc1ccc(S(=O)(=O)N(C)C)cc1)N1CCN(c2ncccn2)CC1. The van der Waals surface area contributed by atoms with Crippen molar-refractivity contribution in [2.75, 3.05) is 52.2 Å². The highest BCUT2D eigenvalue weighted by atomic mass is 32.2. The fourth-order valence-corrected chi connectivity index (χ4v) is 3.98. The smallest absolute Gasteiger partial charge is 0.242 e. The Kier molecular flexibility index (Phi) is 6.65. The molecule has 3 rings (SSSR count). The van der Waals surface area contributed by atoms with Crippen LogP contribution in [0.3, 0.4) is 0 Å². The number of aliphatic imine (C=N–C) groups is 1. The largest absolute Gasteiger partial charge is 0.352 e. The zero-order chi connectivity index (χ0) is 20.9. The van der Waals surface area contributed by atoms with Gasteiger partial charge < -0.3 is 15.1 Å². The minimum Gasteiger partial charge on any atom is -0.352 e. The lowest BCUT2D eigenvalue weighted by atomic mass is 10.2. The molecule has 9 nitrogen and oxygen atoms in total. The van der Waals surface area contributed by atoms with E-state index >= 15 is 0 Å². The number of guanidine groups is 1. The van der Waals surface area contributed by atoms with Crippen LogP contribution >= 0.6 is 0 Å². The predicted molar refractivity (Wildman–Crippen MR) is 113 cm³/mol. The monoisotopic (exact) mass is 417 g/mol. The molecule has 0 radical (unpaired) electrons. The quantitative estimate of drug-likeness (QED) is 0.563. The van der Waals surface area contributed by atoms with Crippen LogP contribution in [0.2, 0.25) is 0 Å². The van der Waals surface area contributed by atoms with E-state index in [1.807, 2.05) is 18.2 Å². The van der Waals surface area contributed by atoms with Crippen LogP contribution < -0.4 is 10.2 Å². The molecule has 1 N–H and O–H groups in total. The lowest BCUT2D eigenvalue weighted by molar-refractivity contribution is 0.370. The van der Waals surface area contributed by atoms with Gasteiger partial charge in [0.15, 0.2) is 5.96 Å². The number of piperazine rings is 1. The maximum absolute atomic E-state index is 12.2. The van der Waals surface area contributed by atoms with E-state index in [1.54, 1.807) is 31.6 Å². The third-order valence-corrected chi connectivity index (χ3v) is 6.61. The van der Waals surface area contributed by atoms with Crippen molar-refractivity contribution in [3.05, 3.63) is 48.3 Å². The summed E-state index contributed by atoms with van der Waals surface area (Å²) in [7, 11) is 1.41. The first-order chi connectivity index (χ1) is 13.9. The number of sulfonamides is 1. The van der Waals surface area contributed by atoms with Crippen LogP contribution in [0.1, 0.15) is 5.56 Å². The van der Waals surface area contributed by atoms with Crippen molar-refractivity contribution in [3.63, 3.8) is 0 Å². The molecular formula is C19H27N7O2S. The van der Waals surface area contributed by atoms with Crippen LogP contribution in [0.5, 0.6) is 0 Å². The van der Waals surface area contributed by atoms with E-state index in [2.05, 4.69) is 30.1 Å². The summed E-state index contributed by atoms with van der Waals surface area (Å²) in [6.45, 7) is 3.84. The van der Waals surface area contributed by atoms with E-state index in [1.165, 1.54) is 18.4 Å². The summed E-state index contributed by atoms with van der Waals surface area (Å²) in [5, 5.41) is 3.36. The molecule has 0 unspecified atom stereocenters. The van der Waals surface area contributed by atoms with Gasteiger partial charge in [-0.05, 0) is 23.8 Å². The third kappa shape index (κ3) is 5.01. The summed E-state index contributed by atoms with van der Waals surface area (Å²) in [6.07, 6.45) is 3.51. The second-order valence-electron chi connectivity index (χ2n) is 6.86. The molecule has 2 heterocycles. The Morgan fingerprint density at radius 1 is 1.10 bits per heavy atom.